The molecule has 1 saturated heterocycles. The minimum atomic E-state index is -1.33. The van der Waals surface area contributed by atoms with Crippen LogP contribution in [0.1, 0.15) is 26.2 Å². The molecule has 1 aromatic carbocycles. The van der Waals surface area contributed by atoms with Crippen LogP contribution >= 0.6 is 23.2 Å². The van der Waals surface area contributed by atoms with Crippen molar-refractivity contribution in [2.45, 2.75) is 31.4 Å². The first kappa shape index (κ1) is 16.6. The Kier molecular flexibility index (Phi) is 5.54. The number of imide groups is 1. The molecular formula is C14H15Cl2NO3S. The van der Waals surface area contributed by atoms with Crippen LogP contribution in [0.15, 0.2) is 18.2 Å². The zero-order valence-corrected chi connectivity index (χ0v) is 13.8. The zero-order valence-electron chi connectivity index (χ0n) is 11.5. The first-order valence-electron chi connectivity index (χ1n) is 6.64. The van der Waals surface area contributed by atoms with Crippen molar-refractivity contribution in [1.29, 1.82) is 0 Å². The third-order valence-electron chi connectivity index (χ3n) is 3.23. The molecule has 1 aliphatic rings. The first-order valence-corrected chi connectivity index (χ1v) is 8.78. The van der Waals surface area contributed by atoms with Crippen molar-refractivity contribution >= 4 is 51.9 Å². The van der Waals surface area contributed by atoms with E-state index in [9.17, 15) is 14.1 Å². The van der Waals surface area contributed by atoms with Crippen LogP contribution in [0.5, 0.6) is 0 Å². The van der Waals surface area contributed by atoms with Crippen molar-refractivity contribution in [2.24, 2.45) is 0 Å². The molecule has 2 atom stereocenters. The van der Waals surface area contributed by atoms with E-state index in [0.29, 0.717) is 21.5 Å². The Bertz CT molecular complexity index is 547. The number of anilines is 1. The average Bonchev–Trinajstić information content (AvgIpc) is 2.70. The lowest BCUT2D eigenvalue weighted by Crippen LogP contribution is -2.36. The summed E-state index contributed by atoms with van der Waals surface area (Å²) in [7, 11) is 0. The maximum absolute atomic E-state index is 12.4. The third kappa shape index (κ3) is 3.72. The van der Waals surface area contributed by atoms with Gasteiger partial charge in [-0.25, -0.2) is 4.90 Å². The highest BCUT2D eigenvalue weighted by Gasteiger charge is 2.46. The fourth-order valence-electron chi connectivity index (χ4n) is 2.18. The van der Waals surface area contributed by atoms with Crippen LogP contribution in [0.3, 0.4) is 0 Å². The highest BCUT2D eigenvalue weighted by atomic mass is 35.5. The lowest BCUT2D eigenvalue weighted by Gasteiger charge is -2.17. The quantitative estimate of drug-likeness (QED) is 0.607. The Labute approximate surface area is 136 Å². The topological polar surface area (TPSA) is 60.4 Å². The SMILES string of the molecule is CCCC[S+]([O-])C1CC(=O)N(c2cc(Cl)cc(Cl)c2)C1=O. The monoisotopic (exact) mass is 347 g/mol. The molecule has 2 rings (SSSR count). The van der Waals surface area contributed by atoms with Crippen molar-refractivity contribution in [3.05, 3.63) is 28.2 Å². The fraction of sp³-hybridized carbons (Fsp3) is 0.429. The van der Waals surface area contributed by atoms with E-state index < -0.39 is 22.3 Å². The van der Waals surface area contributed by atoms with Gasteiger partial charge in [0.2, 0.25) is 11.2 Å². The van der Waals surface area contributed by atoms with Crippen LogP contribution in [0, 0.1) is 0 Å². The number of amides is 2. The summed E-state index contributed by atoms with van der Waals surface area (Å²) in [5.74, 6) is -0.370. The maximum atomic E-state index is 12.4. The Morgan fingerprint density at radius 1 is 1.29 bits per heavy atom. The van der Waals surface area contributed by atoms with Gasteiger partial charge in [0.25, 0.3) is 5.91 Å². The molecule has 0 spiro atoms. The number of carbonyl (C=O) groups is 2. The van der Waals surface area contributed by atoms with Gasteiger partial charge in [-0.2, -0.15) is 0 Å². The lowest BCUT2D eigenvalue weighted by atomic mass is 10.3. The van der Waals surface area contributed by atoms with Gasteiger partial charge in [0.05, 0.1) is 12.1 Å². The molecule has 1 aliphatic heterocycles. The van der Waals surface area contributed by atoms with Gasteiger partial charge in [-0.05, 0) is 35.8 Å². The molecule has 114 valence electrons. The summed E-state index contributed by atoms with van der Waals surface area (Å²) in [4.78, 5) is 25.5. The maximum Gasteiger partial charge on any atom is 0.287 e. The van der Waals surface area contributed by atoms with Crippen molar-refractivity contribution in [3.8, 4) is 0 Å². The van der Waals surface area contributed by atoms with Crippen molar-refractivity contribution < 1.29 is 14.1 Å². The van der Waals surface area contributed by atoms with Crippen molar-refractivity contribution in [3.63, 3.8) is 0 Å². The Morgan fingerprint density at radius 2 is 1.90 bits per heavy atom. The lowest BCUT2D eigenvalue weighted by molar-refractivity contribution is -0.121. The van der Waals surface area contributed by atoms with Gasteiger partial charge in [0.1, 0.15) is 5.75 Å². The van der Waals surface area contributed by atoms with Crippen LogP contribution in [0.2, 0.25) is 10.0 Å². The van der Waals surface area contributed by atoms with Gasteiger partial charge in [-0.1, -0.05) is 36.5 Å². The van der Waals surface area contributed by atoms with E-state index in [-0.39, 0.29) is 12.3 Å². The van der Waals surface area contributed by atoms with Crippen LogP contribution in [-0.2, 0) is 20.8 Å². The third-order valence-corrected chi connectivity index (χ3v) is 5.36. The number of hydrogen-bond acceptors (Lipinski definition) is 3. The van der Waals surface area contributed by atoms with Gasteiger partial charge in [0, 0.05) is 10.0 Å². The highest BCUT2D eigenvalue weighted by Crippen LogP contribution is 2.31. The molecule has 2 amide bonds. The number of rotatable bonds is 5. The molecule has 1 fully saturated rings. The zero-order chi connectivity index (χ0) is 15.6. The molecule has 0 aliphatic carbocycles. The van der Waals surface area contributed by atoms with E-state index in [1.165, 1.54) is 18.2 Å². The summed E-state index contributed by atoms with van der Waals surface area (Å²) in [6.45, 7) is 1.99. The Morgan fingerprint density at radius 3 is 2.48 bits per heavy atom. The summed E-state index contributed by atoms with van der Waals surface area (Å²) in [6, 6.07) is 4.52. The van der Waals surface area contributed by atoms with E-state index in [1.807, 2.05) is 6.92 Å². The second-order valence-corrected chi connectivity index (χ2v) is 7.44. The number of benzene rings is 1. The van der Waals surface area contributed by atoms with Gasteiger partial charge in [-0.3, -0.25) is 9.59 Å². The van der Waals surface area contributed by atoms with Gasteiger partial charge >= 0.3 is 0 Å². The Hall–Kier alpha value is -0.750. The Balaban J connectivity index is 2.22. The van der Waals surface area contributed by atoms with Crippen molar-refractivity contribution in [2.75, 3.05) is 10.7 Å². The summed E-state index contributed by atoms with van der Waals surface area (Å²) < 4.78 is 12.1. The number of halogens is 2. The molecule has 1 aromatic rings. The summed E-state index contributed by atoms with van der Waals surface area (Å²) in [5, 5.41) is -0.0795. The minimum absolute atomic E-state index is 0.0285. The van der Waals surface area contributed by atoms with Gasteiger partial charge in [0.15, 0.2) is 0 Å². The molecule has 2 unspecified atom stereocenters. The van der Waals surface area contributed by atoms with E-state index in [2.05, 4.69) is 0 Å². The molecule has 0 N–H and O–H groups in total. The molecule has 4 nitrogen and oxygen atoms in total. The number of nitrogens with zero attached hydrogens (tertiary/aromatic N) is 1. The summed E-state index contributed by atoms with van der Waals surface area (Å²) in [5.41, 5.74) is 0.331. The van der Waals surface area contributed by atoms with E-state index >= 15 is 0 Å². The highest BCUT2D eigenvalue weighted by molar-refractivity contribution is 7.92. The molecule has 21 heavy (non-hydrogen) atoms. The molecule has 7 heteroatoms. The van der Waals surface area contributed by atoms with E-state index in [1.54, 1.807) is 0 Å². The second-order valence-electron chi connectivity index (χ2n) is 4.83. The van der Waals surface area contributed by atoms with E-state index in [0.717, 1.165) is 17.7 Å². The number of unbranched alkanes of at least 4 members (excludes halogenated alkanes) is 1. The first-order chi connectivity index (χ1) is 9.93. The normalized spacial score (nSPS) is 20.2. The molecule has 0 bridgehead atoms. The standard InChI is InChI=1S/C14H15Cl2NO3S/c1-2-3-4-21(20)12-8-13(18)17(14(12)19)11-6-9(15)5-10(16)7-11/h5-7,12H,2-4,8H2,1H3. The predicted octanol–water partition coefficient (Wildman–Crippen LogP) is 3.17. The van der Waals surface area contributed by atoms with E-state index in [4.69, 9.17) is 23.2 Å². The molecule has 0 aromatic heterocycles. The number of carbonyl (C=O) groups excluding carboxylic acids is 2. The van der Waals surface area contributed by atoms with Crippen LogP contribution < -0.4 is 4.90 Å². The summed E-state index contributed by atoms with van der Waals surface area (Å²) in [6.07, 6.45) is 1.64. The smallest absolute Gasteiger partial charge is 0.287 e. The van der Waals surface area contributed by atoms with Crippen molar-refractivity contribution in [1.82, 2.24) is 0 Å². The molecule has 0 saturated carbocycles. The van der Waals surface area contributed by atoms with Gasteiger partial charge in [-0.15, -0.1) is 0 Å². The number of hydrogen-bond donors (Lipinski definition) is 0. The second kappa shape index (κ2) is 7.01. The van der Waals surface area contributed by atoms with Crippen LogP contribution in [0.25, 0.3) is 0 Å². The van der Waals surface area contributed by atoms with Gasteiger partial charge < -0.3 is 4.55 Å². The molecular weight excluding hydrogens is 333 g/mol. The van der Waals surface area contributed by atoms with Crippen LogP contribution in [0.4, 0.5) is 5.69 Å². The molecule has 0 radical (unpaired) electrons. The predicted molar refractivity (Wildman–Crippen MR) is 85.3 cm³/mol. The van der Waals surface area contributed by atoms with Crippen LogP contribution in [-0.4, -0.2) is 27.4 Å². The summed E-state index contributed by atoms with van der Waals surface area (Å²) >= 11 is 10.5. The average molecular weight is 348 g/mol. The minimum Gasteiger partial charge on any atom is -0.616 e. The fourth-order valence-corrected chi connectivity index (χ4v) is 4.21. The molecule has 1 heterocycles. The largest absolute Gasteiger partial charge is 0.616 e.